The van der Waals surface area contributed by atoms with E-state index in [4.69, 9.17) is 4.74 Å². The van der Waals surface area contributed by atoms with Gasteiger partial charge in [-0.15, -0.1) is 0 Å². The number of ether oxygens (including phenoxy) is 1. The molecule has 0 bridgehead atoms. The molecule has 3 rings (SSSR count). The van der Waals surface area contributed by atoms with Gasteiger partial charge in [0.1, 0.15) is 5.75 Å². The Labute approximate surface area is 124 Å². The summed E-state index contributed by atoms with van der Waals surface area (Å²) >= 11 is 0. The number of anilines is 1. The second kappa shape index (κ2) is 6.44. The Morgan fingerprint density at radius 3 is 2.71 bits per heavy atom. The number of rotatable bonds is 5. The van der Waals surface area contributed by atoms with Crippen LogP contribution in [-0.2, 0) is 4.79 Å². The van der Waals surface area contributed by atoms with Crippen LogP contribution in [0.4, 0.5) is 5.69 Å². The lowest BCUT2D eigenvalue weighted by molar-refractivity contribution is -0.117. The Morgan fingerprint density at radius 2 is 1.86 bits per heavy atom. The minimum atomic E-state index is 0.237. The fourth-order valence-electron chi connectivity index (χ4n) is 2.73. The molecule has 0 saturated carbocycles. The van der Waals surface area contributed by atoms with Gasteiger partial charge in [0.05, 0.1) is 13.2 Å². The molecular weight excluding hydrogens is 262 g/mol. The van der Waals surface area contributed by atoms with Crippen molar-refractivity contribution in [3.05, 3.63) is 60.2 Å². The lowest BCUT2D eigenvalue weighted by Gasteiger charge is -2.25. The van der Waals surface area contributed by atoms with E-state index in [0.29, 0.717) is 19.6 Å². The van der Waals surface area contributed by atoms with Gasteiger partial charge in [-0.25, -0.2) is 0 Å². The smallest absolute Gasteiger partial charge is 0.152 e. The summed E-state index contributed by atoms with van der Waals surface area (Å²) in [5.74, 6) is 1.44. The fourth-order valence-corrected chi connectivity index (χ4v) is 2.73. The maximum Gasteiger partial charge on any atom is 0.152 e. The third-order valence-electron chi connectivity index (χ3n) is 3.82. The van der Waals surface area contributed by atoms with Gasteiger partial charge in [-0.2, -0.15) is 0 Å². The average molecular weight is 281 g/mol. The van der Waals surface area contributed by atoms with Crippen LogP contribution in [0.1, 0.15) is 24.3 Å². The Balaban J connectivity index is 1.58. The Bertz CT molecular complexity index is 610. The summed E-state index contributed by atoms with van der Waals surface area (Å²) in [6.45, 7) is 1.07. The van der Waals surface area contributed by atoms with Crippen LogP contribution in [-0.4, -0.2) is 18.9 Å². The van der Waals surface area contributed by atoms with Gasteiger partial charge in [0, 0.05) is 12.1 Å². The summed E-state index contributed by atoms with van der Waals surface area (Å²) in [6, 6.07) is 17.8. The Hall–Kier alpha value is -2.29. The number of hydrogen-bond donors (Lipinski definition) is 1. The lowest BCUT2D eigenvalue weighted by Crippen LogP contribution is -2.21. The van der Waals surface area contributed by atoms with Crippen LogP contribution in [0.5, 0.6) is 5.75 Å². The third-order valence-corrected chi connectivity index (χ3v) is 3.82. The van der Waals surface area contributed by atoms with E-state index >= 15 is 0 Å². The zero-order valence-corrected chi connectivity index (χ0v) is 11.9. The van der Waals surface area contributed by atoms with Crippen LogP contribution >= 0.6 is 0 Å². The summed E-state index contributed by atoms with van der Waals surface area (Å²) < 4.78 is 5.64. The van der Waals surface area contributed by atoms with Crippen molar-refractivity contribution in [2.24, 2.45) is 0 Å². The van der Waals surface area contributed by atoms with E-state index in [1.807, 2.05) is 48.5 Å². The minimum absolute atomic E-state index is 0.237. The molecule has 0 saturated heterocycles. The van der Waals surface area contributed by atoms with E-state index in [1.165, 1.54) is 0 Å². The number of Topliss-reactive ketones (excluding diaryl/α,β-unsaturated/α-hetero) is 1. The molecule has 0 fully saturated rings. The quantitative estimate of drug-likeness (QED) is 0.909. The zero-order valence-electron chi connectivity index (χ0n) is 11.9. The topological polar surface area (TPSA) is 38.3 Å². The molecular formula is C18H19NO2. The highest BCUT2D eigenvalue weighted by molar-refractivity contribution is 5.83. The molecule has 1 atom stereocenters. The molecule has 1 aliphatic heterocycles. The highest BCUT2D eigenvalue weighted by Crippen LogP contribution is 2.35. The van der Waals surface area contributed by atoms with Gasteiger partial charge < -0.3 is 10.1 Å². The van der Waals surface area contributed by atoms with Gasteiger partial charge in [0.15, 0.2) is 5.78 Å². The normalized spacial score (nSPS) is 16.7. The fraction of sp³-hybridized carbons (Fsp3) is 0.278. The SMILES string of the molecule is O=C(CNc1ccccc1)CC1CCOc2ccccc21. The summed E-state index contributed by atoms with van der Waals surface area (Å²) in [5, 5.41) is 3.18. The largest absolute Gasteiger partial charge is 0.493 e. The van der Waals surface area contributed by atoms with E-state index in [0.717, 1.165) is 23.4 Å². The van der Waals surface area contributed by atoms with Gasteiger partial charge >= 0.3 is 0 Å². The number of hydrogen-bond acceptors (Lipinski definition) is 3. The molecule has 0 radical (unpaired) electrons. The van der Waals surface area contributed by atoms with Gasteiger partial charge in [0.2, 0.25) is 0 Å². The predicted octanol–water partition coefficient (Wildman–Crippen LogP) is 3.62. The molecule has 1 N–H and O–H groups in total. The van der Waals surface area contributed by atoms with E-state index in [1.54, 1.807) is 0 Å². The molecule has 3 nitrogen and oxygen atoms in total. The molecule has 2 aromatic rings. The first-order valence-corrected chi connectivity index (χ1v) is 7.35. The van der Waals surface area contributed by atoms with Crippen LogP contribution in [0, 0.1) is 0 Å². The highest BCUT2D eigenvalue weighted by atomic mass is 16.5. The lowest BCUT2D eigenvalue weighted by atomic mass is 9.89. The van der Waals surface area contributed by atoms with Crippen molar-refractivity contribution in [1.82, 2.24) is 0 Å². The minimum Gasteiger partial charge on any atom is -0.493 e. The van der Waals surface area contributed by atoms with Crippen LogP contribution < -0.4 is 10.1 Å². The molecule has 0 aliphatic carbocycles. The summed E-state index contributed by atoms with van der Waals surface area (Å²) in [5.41, 5.74) is 2.15. The van der Waals surface area contributed by atoms with Crippen molar-refractivity contribution in [2.45, 2.75) is 18.8 Å². The molecule has 1 aliphatic rings. The average Bonchev–Trinajstić information content (AvgIpc) is 2.54. The number of carbonyl (C=O) groups excluding carboxylic acids is 1. The first-order valence-electron chi connectivity index (χ1n) is 7.35. The number of nitrogens with one attached hydrogen (secondary N) is 1. The first kappa shape index (κ1) is 13.7. The van der Waals surface area contributed by atoms with Crippen LogP contribution in [0.2, 0.25) is 0 Å². The molecule has 0 amide bonds. The van der Waals surface area contributed by atoms with Gasteiger partial charge in [-0.05, 0) is 36.1 Å². The molecule has 1 heterocycles. The molecule has 0 aromatic heterocycles. The van der Waals surface area contributed by atoms with Crippen molar-refractivity contribution < 1.29 is 9.53 Å². The van der Waals surface area contributed by atoms with Crippen LogP contribution in [0.25, 0.3) is 0 Å². The van der Waals surface area contributed by atoms with E-state index in [9.17, 15) is 4.79 Å². The highest BCUT2D eigenvalue weighted by Gasteiger charge is 2.23. The van der Waals surface area contributed by atoms with Crippen molar-refractivity contribution in [1.29, 1.82) is 0 Å². The summed E-state index contributed by atoms with van der Waals surface area (Å²) in [7, 11) is 0. The molecule has 2 aromatic carbocycles. The number of ketones is 1. The summed E-state index contributed by atoms with van der Waals surface area (Å²) in [6.07, 6.45) is 1.48. The third kappa shape index (κ3) is 3.43. The number of fused-ring (bicyclic) bond motifs is 1. The van der Waals surface area contributed by atoms with Crippen molar-refractivity contribution in [3.63, 3.8) is 0 Å². The van der Waals surface area contributed by atoms with Crippen molar-refractivity contribution >= 4 is 11.5 Å². The van der Waals surface area contributed by atoms with Gasteiger partial charge in [0.25, 0.3) is 0 Å². The molecule has 1 unspecified atom stereocenters. The van der Waals surface area contributed by atoms with Gasteiger partial charge in [-0.3, -0.25) is 4.79 Å². The predicted molar refractivity (Wildman–Crippen MR) is 83.9 cm³/mol. The standard InChI is InChI=1S/C18H19NO2/c20-16(13-19-15-6-2-1-3-7-15)12-14-10-11-21-18-9-5-4-8-17(14)18/h1-9,14,19H,10-13H2. The maximum absolute atomic E-state index is 12.2. The van der Waals surface area contributed by atoms with Crippen molar-refractivity contribution in [3.8, 4) is 5.75 Å². The molecule has 21 heavy (non-hydrogen) atoms. The number of benzene rings is 2. The van der Waals surface area contributed by atoms with E-state index in [2.05, 4.69) is 11.4 Å². The van der Waals surface area contributed by atoms with E-state index in [-0.39, 0.29) is 11.7 Å². The monoisotopic (exact) mass is 281 g/mol. The number of carbonyl (C=O) groups is 1. The molecule has 108 valence electrons. The van der Waals surface area contributed by atoms with Crippen LogP contribution in [0.15, 0.2) is 54.6 Å². The first-order chi connectivity index (χ1) is 10.3. The zero-order chi connectivity index (χ0) is 14.5. The Morgan fingerprint density at radius 1 is 1.10 bits per heavy atom. The second-order valence-electron chi connectivity index (χ2n) is 5.33. The van der Waals surface area contributed by atoms with Crippen molar-refractivity contribution in [2.75, 3.05) is 18.5 Å². The second-order valence-corrected chi connectivity index (χ2v) is 5.33. The number of para-hydroxylation sites is 2. The van der Waals surface area contributed by atoms with Crippen LogP contribution in [0.3, 0.4) is 0 Å². The summed E-state index contributed by atoms with van der Waals surface area (Å²) in [4.78, 5) is 12.2. The maximum atomic E-state index is 12.2. The van der Waals surface area contributed by atoms with Gasteiger partial charge in [-0.1, -0.05) is 36.4 Å². The Kier molecular flexibility index (Phi) is 4.20. The molecule has 0 spiro atoms. The molecule has 3 heteroatoms. The van der Waals surface area contributed by atoms with E-state index < -0.39 is 0 Å².